The van der Waals surface area contributed by atoms with Crippen molar-refractivity contribution in [3.63, 3.8) is 0 Å². The predicted octanol–water partition coefficient (Wildman–Crippen LogP) is 4.64. The van der Waals surface area contributed by atoms with Gasteiger partial charge in [0.15, 0.2) is 6.73 Å². The van der Waals surface area contributed by atoms with Crippen LogP contribution in [-0.4, -0.2) is 12.8 Å². The maximum Gasteiger partial charge on any atom is 0.321 e. The third-order valence-electron chi connectivity index (χ3n) is 4.30. The molecule has 0 aliphatic carbocycles. The molecule has 0 radical (unpaired) electrons. The van der Waals surface area contributed by atoms with E-state index >= 15 is 0 Å². The summed E-state index contributed by atoms with van der Waals surface area (Å²) >= 11 is 0. The first-order valence-electron chi connectivity index (χ1n) is 8.27. The second-order valence-corrected chi connectivity index (χ2v) is 6.04. The number of carbonyl (C=O) groups excluding carboxylic acids is 1. The number of hydrogen-bond acceptors (Lipinski definition) is 2. The van der Waals surface area contributed by atoms with Crippen LogP contribution in [0.2, 0.25) is 0 Å². The van der Waals surface area contributed by atoms with E-state index in [2.05, 4.69) is 23.6 Å². The second-order valence-electron chi connectivity index (χ2n) is 6.04. The Hall–Kier alpha value is -2.49. The summed E-state index contributed by atoms with van der Waals surface area (Å²) in [5.74, 6) is 0.834. The van der Waals surface area contributed by atoms with Crippen LogP contribution in [-0.2, 0) is 6.42 Å². The zero-order valence-electron chi connectivity index (χ0n) is 15.1. The van der Waals surface area contributed by atoms with Crippen LogP contribution in [0.3, 0.4) is 0 Å². The highest BCUT2D eigenvalue weighted by Crippen LogP contribution is 2.25. The molecule has 2 amide bonds. The summed E-state index contributed by atoms with van der Waals surface area (Å²) in [6.07, 6.45) is 0.871. The van der Waals surface area contributed by atoms with Crippen molar-refractivity contribution in [3.05, 3.63) is 58.1 Å². The van der Waals surface area contributed by atoms with Gasteiger partial charge in [-0.25, -0.2) is 4.79 Å². The number of carbonyl (C=O) groups is 1. The molecule has 2 rings (SSSR count). The van der Waals surface area contributed by atoms with Gasteiger partial charge >= 0.3 is 6.03 Å². The van der Waals surface area contributed by atoms with Crippen molar-refractivity contribution in [3.8, 4) is 5.75 Å². The van der Waals surface area contributed by atoms with E-state index in [-0.39, 0.29) is 12.8 Å². The lowest BCUT2D eigenvalue weighted by Gasteiger charge is -2.16. The number of amides is 2. The number of benzene rings is 2. The third-order valence-corrected chi connectivity index (χ3v) is 4.30. The fourth-order valence-electron chi connectivity index (χ4n) is 2.68. The molecule has 4 heteroatoms. The first kappa shape index (κ1) is 17.9. The van der Waals surface area contributed by atoms with Crippen molar-refractivity contribution < 1.29 is 9.53 Å². The minimum atomic E-state index is -0.262. The number of hydrogen-bond donors (Lipinski definition) is 2. The van der Waals surface area contributed by atoms with Crippen LogP contribution < -0.4 is 15.4 Å². The van der Waals surface area contributed by atoms with Gasteiger partial charge in [0.1, 0.15) is 5.75 Å². The van der Waals surface area contributed by atoms with Gasteiger partial charge in [0.2, 0.25) is 0 Å². The van der Waals surface area contributed by atoms with E-state index in [9.17, 15) is 4.79 Å². The number of nitrogens with one attached hydrogen (secondary N) is 2. The topological polar surface area (TPSA) is 50.4 Å². The fourth-order valence-corrected chi connectivity index (χ4v) is 2.68. The smallest absolute Gasteiger partial charge is 0.321 e. The maximum absolute atomic E-state index is 12.2. The van der Waals surface area contributed by atoms with Gasteiger partial charge in [-0.15, -0.1) is 0 Å². The summed E-state index contributed by atoms with van der Waals surface area (Å²) < 4.78 is 5.77. The van der Waals surface area contributed by atoms with Crippen LogP contribution in [0, 0.1) is 27.7 Å². The largest absolute Gasteiger partial charge is 0.473 e. The van der Waals surface area contributed by atoms with E-state index in [4.69, 9.17) is 4.74 Å². The molecule has 0 unspecified atom stereocenters. The zero-order valence-corrected chi connectivity index (χ0v) is 15.1. The van der Waals surface area contributed by atoms with E-state index in [1.807, 2.05) is 52.0 Å². The van der Waals surface area contributed by atoms with Crippen LogP contribution in [0.4, 0.5) is 10.5 Å². The number of urea groups is 1. The fraction of sp³-hybridized carbons (Fsp3) is 0.350. The molecule has 0 aliphatic heterocycles. The molecular weight excluding hydrogens is 300 g/mol. The molecule has 0 saturated heterocycles. The number of ether oxygens (including phenoxy) is 1. The summed E-state index contributed by atoms with van der Waals surface area (Å²) in [6.45, 7) is 10.3. The van der Waals surface area contributed by atoms with Crippen LogP contribution in [0.25, 0.3) is 0 Å². The van der Waals surface area contributed by atoms with E-state index in [0.717, 1.165) is 40.1 Å². The number of aryl methyl sites for hydroxylation is 4. The number of para-hydroxylation sites is 1. The van der Waals surface area contributed by atoms with E-state index in [0.29, 0.717) is 0 Å². The summed E-state index contributed by atoms with van der Waals surface area (Å²) in [4.78, 5) is 12.2. The average Bonchev–Trinajstić information content (AvgIpc) is 2.56. The molecule has 0 heterocycles. The third kappa shape index (κ3) is 4.07. The van der Waals surface area contributed by atoms with Gasteiger partial charge < -0.3 is 15.4 Å². The molecule has 0 saturated carbocycles. The molecule has 0 atom stereocenters. The van der Waals surface area contributed by atoms with Crippen molar-refractivity contribution in [2.75, 3.05) is 12.0 Å². The molecule has 0 bridgehead atoms. The van der Waals surface area contributed by atoms with Crippen molar-refractivity contribution >= 4 is 11.7 Å². The zero-order chi connectivity index (χ0) is 17.7. The molecule has 128 valence electrons. The lowest BCUT2D eigenvalue weighted by molar-refractivity contribution is 0.234. The van der Waals surface area contributed by atoms with Gasteiger partial charge in [-0.3, -0.25) is 0 Å². The standard InChI is InChI=1S/C20H26N2O2/c1-6-17-9-7-8-14(3)18(17)22-20(23)21-12-24-19-15(4)11-10-13(2)16(19)5/h7-11H,6,12H2,1-5H3,(H2,21,22,23). The molecule has 2 aromatic carbocycles. The van der Waals surface area contributed by atoms with Crippen LogP contribution in [0.1, 0.15) is 34.7 Å². The first-order valence-corrected chi connectivity index (χ1v) is 8.27. The molecule has 0 aromatic heterocycles. The predicted molar refractivity (Wildman–Crippen MR) is 98.9 cm³/mol. The SMILES string of the molecule is CCc1cccc(C)c1NC(=O)NCOc1c(C)ccc(C)c1C. The number of rotatable bonds is 5. The van der Waals surface area contributed by atoms with Crippen LogP contribution in [0.5, 0.6) is 5.75 Å². The van der Waals surface area contributed by atoms with E-state index in [1.54, 1.807) is 0 Å². The average molecular weight is 326 g/mol. The summed E-state index contributed by atoms with van der Waals surface area (Å²) in [6, 6.07) is 9.86. The van der Waals surface area contributed by atoms with Crippen LogP contribution in [0.15, 0.2) is 30.3 Å². The van der Waals surface area contributed by atoms with Crippen molar-refractivity contribution in [2.24, 2.45) is 0 Å². The van der Waals surface area contributed by atoms with Gasteiger partial charge in [0, 0.05) is 5.69 Å². The summed E-state index contributed by atoms with van der Waals surface area (Å²) in [5, 5.41) is 5.69. The molecular formula is C20H26N2O2. The van der Waals surface area contributed by atoms with Gasteiger partial charge in [0.25, 0.3) is 0 Å². The quantitative estimate of drug-likeness (QED) is 0.786. The maximum atomic E-state index is 12.2. The Morgan fingerprint density at radius 3 is 2.42 bits per heavy atom. The van der Waals surface area contributed by atoms with Crippen molar-refractivity contribution in [1.82, 2.24) is 5.32 Å². The Labute approximate surface area is 144 Å². The normalized spacial score (nSPS) is 10.4. The van der Waals surface area contributed by atoms with Gasteiger partial charge in [-0.05, 0) is 61.9 Å². The molecule has 4 nitrogen and oxygen atoms in total. The molecule has 0 spiro atoms. The van der Waals surface area contributed by atoms with Gasteiger partial charge in [-0.1, -0.05) is 37.3 Å². The minimum absolute atomic E-state index is 0.129. The Balaban J connectivity index is 1.97. The molecule has 0 aliphatic rings. The summed E-state index contributed by atoms with van der Waals surface area (Å²) in [7, 11) is 0. The van der Waals surface area contributed by atoms with E-state index < -0.39 is 0 Å². The Morgan fingerprint density at radius 2 is 1.71 bits per heavy atom. The van der Waals surface area contributed by atoms with Crippen molar-refractivity contribution in [1.29, 1.82) is 0 Å². The monoisotopic (exact) mass is 326 g/mol. The lowest BCUT2D eigenvalue weighted by Crippen LogP contribution is -2.32. The van der Waals surface area contributed by atoms with Crippen molar-refractivity contribution in [2.45, 2.75) is 41.0 Å². The highest BCUT2D eigenvalue weighted by atomic mass is 16.5. The molecule has 2 N–H and O–H groups in total. The second kappa shape index (κ2) is 7.86. The highest BCUT2D eigenvalue weighted by molar-refractivity contribution is 5.91. The number of anilines is 1. The Kier molecular flexibility index (Phi) is 5.85. The Morgan fingerprint density at radius 1 is 1.00 bits per heavy atom. The lowest BCUT2D eigenvalue weighted by atomic mass is 10.1. The van der Waals surface area contributed by atoms with Gasteiger partial charge in [-0.2, -0.15) is 0 Å². The molecule has 2 aromatic rings. The molecule has 24 heavy (non-hydrogen) atoms. The molecule has 0 fully saturated rings. The van der Waals surface area contributed by atoms with Gasteiger partial charge in [0.05, 0.1) is 0 Å². The summed E-state index contributed by atoms with van der Waals surface area (Å²) in [5.41, 5.74) is 6.39. The Bertz CT molecular complexity index is 739. The van der Waals surface area contributed by atoms with E-state index in [1.165, 1.54) is 5.56 Å². The highest BCUT2D eigenvalue weighted by Gasteiger charge is 2.10. The van der Waals surface area contributed by atoms with Crippen LogP contribution >= 0.6 is 0 Å². The minimum Gasteiger partial charge on any atom is -0.473 e. The first-order chi connectivity index (χ1) is 11.4.